The van der Waals surface area contributed by atoms with Crippen LogP contribution in [0.2, 0.25) is 0 Å². The van der Waals surface area contributed by atoms with Gasteiger partial charge < -0.3 is 5.73 Å². The van der Waals surface area contributed by atoms with Gasteiger partial charge >= 0.3 is 0 Å². The molecular formula is C23H42N2. The highest BCUT2D eigenvalue weighted by Crippen LogP contribution is 2.12. The number of hydrogen-bond acceptors (Lipinski definition) is 2. The SMILES string of the molecule is CCCCCCCCCCCCCCN(CCN)Cc1ccccc1. The van der Waals surface area contributed by atoms with Gasteiger partial charge in [0.25, 0.3) is 0 Å². The van der Waals surface area contributed by atoms with Gasteiger partial charge in [-0.25, -0.2) is 0 Å². The zero-order valence-electron chi connectivity index (χ0n) is 16.7. The normalized spacial score (nSPS) is 11.3. The van der Waals surface area contributed by atoms with Gasteiger partial charge in [0.2, 0.25) is 0 Å². The molecule has 144 valence electrons. The van der Waals surface area contributed by atoms with Crippen LogP contribution in [-0.4, -0.2) is 24.5 Å². The largest absolute Gasteiger partial charge is 0.329 e. The number of hydrogen-bond donors (Lipinski definition) is 1. The molecule has 1 aromatic carbocycles. The molecule has 0 saturated carbocycles. The molecule has 0 radical (unpaired) electrons. The minimum absolute atomic E-state index is 0.755. The van der Waals surface area contributed by atoms with E-state index in [1.807, 2.05) is 0 Å². The van der Waals surface area contributed by atoms with E-state index in [2.05, 4.69) is 42.2 Å². The lowest BCUT2D eigenvalue weighted by Gasteiger charge is -2.21. The van der Waals surface area contributed by atoms with Crippen molar-refractivity contribution in [2.24, 2.45) is 5.73 Å². The highest BCUT2D eigenvalue weighted by atomic mass is 15.1. The van der Waals surface area contributed by atoms with Gasteiger partial charge in [-0.2, -0.15) is 0 Å². The van der Waals surface area contributed by atoms with E-state index in [0.29, 0.717) is 0 Å². The first kappa shape index (κ1) is 22.2. The highest BCUT2D eigenvalue weighted by molar-refractivity contribution is 5.14. The first-order valence-electron chi connectivity index (χ1n) is 10.8. The van der Waals surface area contributed by atoms with Crippen molar-refractivity contribution in [1.29, 1.82) is 0 Å². The number of unbranched alkanes of at least 4 members (excludes halogenated alkanes) is 11. The van der Waals surface area contributed by atoms with Crippen LogP contribution < -0.4 is 5.73 Å². The average Bonchev–Trinajstić information content (AvgIpc) is 2.63. The Morgan fingerprint density at radius 3 is 1.72 bits per heavy atom. The van der Waals surface area contributed by atoms with Crippen LogP contribution in [0.5, 0.6) is 0 Å². The Morgan fingerprint density at radius 1 is 0.680 bits per heavy atom. The van der Waals surface area contributed by atoms with Gasteiger partial charge in [0.05, 0.1) is 0 Å². The predicted octanol–water partition coefficient (Wildman–Crippen LogP) is 6.15. The van der Waals surface area contributed by atoms with E-state index in [9.17, 15) is 0 Å². The molecule has 2 N–H and O–H groups in total. The molecule has 0 fully saturated rings. The molecule has 0 amide bonds. The molecule has 1 rings (SSSR count). The fraction of sp³-hybridized carbons (Fsp3) is 0.739. The van der Waals surface area contributed by atoms with Gasteiger partial charge in [-0.05, 0) is 18.5 Å². The summed E-state index contributed by atoms with van der Waals surface area (Å²) in [6.07, 6.45) is 16.9. The maximum atomic E-state index is 5.78. The Bertz CT molecular complexity index is 377. The number of rotatable bonds is 17. The summed E-state index contributed by atoms with van der Waals surface area (Å²) in [7, 11) is 0. The third-order valence-corrected chi connectivity index (χ3v) is 5.02. The van der Waals surface area contributed by atoms with Crippen molar-refractivity contribution in [3.8, 4) is 0 Å². The monoisotopic (exact) mass is 346 g/mol. The third-order valence-electron chi connectivity index (χ3n) is 5.02. The summed E-state index contributed by atoms with van der Waals surface area (Å²) in [5, 5.41) is 0. The number of nitrogens with zero attached hydrogens (tertiary/aromatic N) is 1. The summed E-state index contributed by atoms with van der Waals surface area (Å²) in [6.45, 7) is 6.27. The maximum absolute atomic E-state index is 5.78. The minimum atomic E-state index is 0.755. The summed E-state index contributed by atoms with van der Waals surface area (Å²) in [5.41, 5.74) is 7.18. The Kier molecular flexibility index (Phi) is 14.7. The molecule has 0 saturated heterocycles. The summed E-state index contributed by atoms with van der Waals surface area (Å²) < 4.78 is 0. The Hall–Kier alpha value is -0.860. The predicted molar refractivity (Wildman–Crippen MR) is 112 cm³/mol. The van der Waals surface area contributed by atoms with Crippen molar-refractivity contribution in [2.45, 2.75) is 90.5 Å². The third kappa shape index (κ3) is 13.1. The van der Waals surface area contributed by atoms with Crippen molar-refractivity contribution < 1.29 is 0 Å². The molecule has 2 heteroatoms. The second-order valence-electron chi connectivity index (χ2n) is 7.44. The summed E-state index contributed by atoms with van der Waals surface area (Å²) in [6, 6.07) is 10.8. The van der Waals surface area contributed by atoms with Gasteiger partial charge in [0.15, 0.2) is 0 Å². The average molecular weight is 347 g/mol. The van der Waals surface area contributed by atoms with Crippen molar-refractivity contribution in [2.75, 3.05) is 19.6 Å². The molecule has 0 heterocycles. The molecule has 1 aromatic rings. The molecule has 0 aliphatic carbocycles. The van der Waals surface area contributed by atoms with Crippen molar-refractivity contribution >= 4 is 0 Å². The molecule has 25 heavy (non-hydrogen) atoms. The lowest BCUT2D eigenvalue weighted by Crippen LogP contribution is -2.30. The fourth-order valence-electron chi connectivity index (χ4n) is 3.47. The topological polar surface area (TPSA) is 29.3 Å². The van der Waals surface area contributed by atoms with Crippen molar-refractivity contribution in [3.63, 3.8) is 0 Å². The molecule has 0 unspecified atom stereocenters. The molecule has 0 aliphatic rings. The first-order valence-corrected chi connectivity index (χ1v) is 10.8. The summed E-state index contributed by atoms with van der Waals surface area (Å²) in [4.78, 5) is 2.51. The minimum Gasteiger partial charge on any atom is -0.329 e. The smallest absolute Gasteiger partial charge is 0.0234 e. The van der Waals surface area contributed by atoms with Gasteiger partial charge in [0, 0.05) is 19.6 Å². The second kappa shape index (κ2) is 16.6. The highest BCUT2D eigenvalue weighted by Gasteiger charge is 2.04. The van der Waals surface area contributed by atoms with E-state index in [4.69, 9.17) is 5.73 Å². The fourth-order valence-corrected chi connectivity index (χ4v) is 3.47. The van der Waals surface area contributed by atoms with E-state index in [1.54, 1.807) is 0 Å². The number of benzene rings is 1. The molecule has 2 nitrogen and oxygen atoms in total. The van der Waals surface area contributed by atoms with Crippen molar-refractivity contribution in [1.82, 2.24) is 4.90 Å². The van der Waals surface area contributed by atoms with E-state index < -0.39 is 0 Å². The summed E-state index contributed by atoms with van der Waals surface area (Å²) in [5.74, 6) is 0. The van der Waals surface area contributed by atoms with Crippen molar-refractivity contribution in [3.05, 3.63) is 35.9 Å². The zero-order valence-corrected chi connectivity index (χ0v) is 16.7. The Morgan fingerprint density at radius 2 is 1.20 bits per heavy atom. The lowest BCUT2D eigenvalue weighted by molar-refractivity contribution is 0.265. The first-order chi connectivity index (χ1) is 12.4. The lowest BCUT2D eigenvalue weighted by atomic mass is 10.1. The summed E-state index contributed by atoms with van der Waals surface area (Å²) >= 11 is 0. The van der Waals surface area contributed by atoms with Crippen LogP contribution in [0, 0.1) is 0 Å². The molecule has 0 aliphatic heterocycles. The zero-order chi connectivity index (χ0) is 18.0. The van der Waals surface area contributed by atoms with Gasteiger partial charge in [0.1, 0.15) is 0 Å². The standard InChI is InChI=1S/C23H42N2/c1-2-3-4-5-6-7-8-9-10-11-12-16-20-25(21-19-24)22-23-17-14-13-15-18-23/h13-15,17-18H,2-12,16,19-22,24H2,1H3. The van der Waals surface area contributed by atoms with Crippen LogP contribution in [0.3, 0.4) is 0 Å². The molecular weight excluding hydrogens is 304 g/mol. The quantitative estimate of drug-likeness (QED) is 0.343. The van der Waals surface area contributed by atoms with E-state index in [-0.39, 0.29) is 0 Å². The van der Waals surface area contributed by atoms with Gasteiger partial charge in [-0.3, -0.25) is 4.90 Å². The van der Waals surface area contributed by atoms with E-state index in [0.717, 1.165) is 19.6 Å². The second-order valence-corrected chi connectivity index (χ2v) is 7.44. The number of nitrogens with two attached hydrogens (primary N) is 1. The van der Waals surface area contributed by atoms with Crippen LogP contribution >= 0.6 is 0 Å². The molecule has 0 atom stereocenters. The van der Waals surface area contributed by atoms with Crippen LogP contribution in [0.4, 0.5) is 0 Å². The van der Waals surface area contributed by atoms with Crippen LogP contribution in [0.25, 0.3) is 0 Å². The van der Waals surface area contributed by atoms with Gasteiger partial charge in [-0.15, -0.1) is 0 Å². The van der Waals surface area contributed by atoms with Crippen LogP contribution in [0.1, 0.15) is 89.5 Å². The van der Waals surface area contributed by atoms with E-state index in [1.165, 1.54) is 89.2 Å². The van der Waals surface area contributed by atoms with E-state index >= 15 is 0 Å². The molecule has 0 aromatic heterocycles. The maximum Gasteiger partial charge on any atom is 0.0234 e. The molecule has 0 bridgehead atoms. The molecule has 0 spiro atoms. The van der Waals surface area contributed by atoms with Crippen LogP contribution in [0.15, 0.2) is 30.3 Å². The Labute approximate surface area is 157 Å². The van der Waals surface area contributed by atoms with Gasteiger partial charge in [-0.1, -0.05) is 108 Å². The van der Waals surface area contributed by atoms with Crippen LogP contribution in [-0.2, 0) is 6.54 Å². The Balaban J connectivity index is 1.96.